The lowest BCUT2D eigenvalue weighted by atomic mass is 9.95. The van der Waals surface area contributed by atoms with Gasteiger partial charge in [0, 0.05) is 19.6 Å². The zero-order valence-corrected chi connectivity index (χ0v) is 15.1. The summed E-state index contributed by atoms with van der Waals surface area (Å²) in [5.74, 6) is -0.575. The van der Waals surface area contributed by atoms with Crippen molar-refractivity contribution in [3.63, 3.8) is 0 Å². The summed E-state index contributed by atoms with van der Waals surface area (Å²) in [6.07, 6.45) is -4.45. The maximum absolute atomic E-state index is 13.1. The van der Waals surface area contributed by atoms with Crippen molar-refractivity contribution < 1.29 is 22.8 Å². The smallest absolute Gasteiger partial charge is 0.324 e. The average Bonchev–Trinajstić information content (AvgIpc) is 2.77. The number of nitrogens with zero attached hydrogens (tertiary/aromatic N) is 1. The summed E-state index contributed by atoms with van der Waals surface area (Å²) in [6, 6.07) is 7.70. The van der Waals surface area contributed by atoms with E-state index in [-0.39, 0.29) is 17.4 Å². The third-order valence-electron chi connectivity index (χ3n) is 5.19. The fraction of sp³-hybridized carbons (Fsp3) is 0.300. The second kappa shape index (κ2) is 6.63. The van der Waals surface area contributed by atoms with Gasteiger partial charge in [0.05, 0.1) is 16.8 Å². The van der Waals surface area contributed by atoms with Crippen LogP contribution >= 0.6 is 0 Å². The predicted molar refractivity (Wildman–Crippen MR) is 97.9 cm³/mol. The van der Waals surface area contributed by atoms with Crippen LogP contribution in [0, 0.1) is 6.92 Å². The number of alkyl halides is 3. The number of carbonyl (C=O) groups excluding carboxylic acids is 2. The molecule has 0 saturated carbocycles. The van der Waals surface area contributed by atoms with Crippen LogP contribution in [0.15, 0.2) is 36.4 Å². The molecule has 0 bridgehead atoms. The van der Waals surface area contributed by atoms with Crippen LogP contribution in [0.2, 0.25) is 0 Å². The minimum Gasteiger partial charge on any atom is -0.324 e. The molecule has 0 spiro atoms. The molecule has 5 nitrogen and oxygen atoms in total. The number of halogens is 3. The van der Waals surface area contributed by atoms with Gasteiger partial charge in [0.1, 0.15) is 6.04 Å². The lowest BCUT2D eigenvalue weighted by Gasteiger charge is -2.33. The molecule has 146 valence electrons. The maximum Gasteiger partial charge on any atom is 0.416 e. The van der Waals surface area contributed by atoms with Crippen molar-refractivity contribution in [2.24, 2.45) is 0 Å². The van der Waals surface area contributed by atoms with Crippen LogP contribution in [0.4, 0.5) is 18.9 Å². The van der Waals surface area contributed by atoms with E-state index < -0.39 is 17.8 Å². The average molecular weight is 389 g/mol. The molecule has 4 rings (SSSR count). The molecule has 0 aromatic heterocycles. The molecule has 0 aliphatic carbocycles. The number of aryl methyl sites for hydroxylation is 1. The van der Waals surface area contributed by atoms with Crippen molar-refractivity contribution in [1.29, 1.82) is 0 Å². The van der Waals surface area contributed by atoms with Crippen LogP contribution in [0.3, 0.4) is 0 Å². The molecule has 2 aliphatic heterocycles. The topological polar surface area (TPSA) is 61.4 Å². The van der Waals surface area contributed by atoms with Gasteiger partial charge in [0.15, 0.2) is 0 Å². The minimum absolute atomic E-state index is 0.276. The molecule has 2 amide bonds. The number of nitrogens with one attached hydrogen (secondary N) is 2. The highest BCUT2D eigenvalue weighted by Gasteiger charge is 2.37. The van der Waals surface area contributed by atoms with Crippen molar-refractivity contribution >= 4 is 17.5 Å². The molecule has 8 heteroatoms. The molecule has 1 saturated heterocycles. The van der Waals surface area contributed by atoms with Gasteiger partial charge in [-0.15, -0.1) is 0 Å². The molecular formula is C20H18F3N3O2. The van der Waals surface area contributed by atoms with Gasteiger partial charge in [-0.25, -0.2) is 0 Å². The molecular weight excluding hydrogens is 371 g/mol. The number of piperazine rings is 1. The fourth-order valence-corrected chi connectivity index (χ4v) is 3.66. The second-order valence-electron chi connectivity index (χ2n) is 7.00. The summed E-state index contributed by atoms with van der Waals surface area (Å²) in [5.41, 5.74) is 1.48. The highest BCUT2D eigenvalue weighted by atomic mass is 19.4. The number of carbonyl (C=O) groups is 2. The molecule has 1 atom stereocenters. The predicted octanol–water partition coefficient (Wildman–Crippen LogP) is 3.05. The number of fused-ring (bicyclic) bond motifs is 2. The van der Waals surface area contributed by atoms with Gasteiger partial charge in [0.2, 0.25) is 5.91 Å². The summed E-state index contributed by atoms with van der Waals surface area (Å²) in [4.78, 5) is 27.0. The Hall–Kier alpha value is -2.87. The summed E-state index contributed by atoms with van der Waals surface area (Å²) in [5, 5.41) is 5.85. The van der Waals surface area contributed by atoms with Crippen molar-refractivity contribution in [2.75, 3.05) is 25.0 Å². The minimum atomic E-state index is -4.45. The van der Waals surface area contributed by atoms with E-state index in [1.54, 1.807) is 25.1 Å². The Morgan fingerprint density at radius 3 is 2.61 bits per heavy atom. The Morgan fingerprint density at radius 1 is 1.07 bits per heavy atom. The van der Waals surface area contributed by atoms with Gasteiger partial charge in [-0.3, -0.25) is 9.59 Å². The molecule has 0 radical (unpaired) electrons. The van der Waals surface area contributed by atoms with Crippen LogP contribution in [0.25, 0.3) is 11.1 Å². The van der Waals surface area contributed by atoms with Gasteiger partial charge in [0.25, 0.3) is 5.91 Å². The first kappa shape index (κ1) is 18.5. The van der Waals surface area contributed by atoms with Gasteiger partial charge in [-0.2, -0.15) is 13.2 Å². The summed E-state index contributed by atoms with van der Waals surface area (Å²) in [6.45, 7) is 3.06. The SMILES string of the molecule is Cc1ccc(C(F)(F)F)cc1-c1ccc2c(c1)C(=O)N1CCNC[C@H]1C(=O)N2. The molecule has 28 heavy (non-hydrogen) atoms. The van der Waals surface area contributed by atoms with E-state index in [0.717, 1.165) is 12.1 Å². The Kier molecular flexibility index (Phi) is 4.38. The van der Waals surface area contributed by atoms with Crippen LogP contribution in [0.5, 0.6) is 0 Å². The molecule has 2 aromatic rings. The van der Waals surface area contributed by atoms with Gasteiger partial charge in [-0.1, -0.05) is 12.1 Å². The normalized spacial score (nSPS) is 19.6. The number of hydrogen-bond acceptors (Lipinski definition) is 3. The van der Waals surface area contributed by atoms with Crippen molar-refractivity contribution in [3.8, 4) is 11.1 Å². The van der Waals surface area contributed by atoms with E-state index in [9.17, 15) is 22.8 Å². The first-order valence-electron chi connectivity index (χ1n) is 8.90. The molecule has 2 aromatic carbocycles. The molecule has 2 N–H and O–H groups in total. The van der Waals surface area contributed by atoms with Crippen molar-refractivity contribution in [2.45, 2.75) is 19.1 Å². The number of benzene rings is 2. The third kappa shape index (κ3) is 3.13. The highest BCUT2D eigenvalue weighted by molar-refractivity contribution is 6.10. The quantitative estimate of drug-likeness (QED) is 0.788. The largest absolute Gasteiger partial charge is 0.416 e. The van der Waals surface area contributed by atoms with Crippen LogP contribution in [-0.4, -0.2) is 42.4 Å². The fourth-order valence-electron chi connectivity index (χ4n) is 3.66. The Morgan fingerprint density at radius 2 is 1.86 bits per heavy atom. The standard InChI is InChI=1S/C20H18F3N3O2/c1-11-2-4-13(20(21,22)23)9-14(11)12-3-5-16-15(8-12)19(28)26-7-6-24-10-17(26)18(27)25-16/h2-5,8-9,17,24H,6-7,10H2,1H3,(H,25,27)/t17-/m0/s1. The number of amides is 2. The Labute approximate surface area is 159 Å². The van der Waals surface area contributed by atoms with E-state index in [1.807, 2.05) is 0 Å². The summed E-state index contributed by atoms with van der Waals surface area (Å²) >= 11 is 0. The third-order valence-corrected chi connectivity index (χ3v) is 5.19. The van der Waals surface area contributed by atoms with E-state index in [0.29, 0.717) is 42.0 Å². The zero-order chi connectivity index (χ0) is 20.1. The molecule has 2 heterocycles. The van der Waals surface area contributed by atoms with Crippen molar-refractivity contribution in [3.05, 3.63) is 53.1 Å². The second-order valence-corrected chi connectivity index (χ2v) is 7.00. The summed E-state index contributed by atoms with van der Waals surface area (Å²) in [7, 11) is 0. The lowest BCUT2D eigenvalue weighted by Crippen LogP contribution is -2.57. The van der Waals surface area contributed by atoms with Crippen molar-refractivity contribution in [1.82, 2.24) is 10.2 Å². The molecule has 1 fully saturated rings. The van der Waals surface area contributed by atoms with E-state index in [2.05, 4.69) is 10.6 Å². The number of rotatable bonds is 1. The van der Waals surface area contributed by atoms with E-state index in [4.69, 9.17) is 0 Å². The van der Waals surface area contributed by atoms with Gasteiger partial charge >= 0.3 is 6.18 Å². The monoisotopic (exact) mass is 389 g/mol. The first-order chi connectivity index (χ1) is 13.3. The molecule has 0 unspecified atom stereocenters. The van der Waals surface area contributed by atoms with E-state index >= 15 is 0 Å². The maximum atomic E-state index is 13.1. The van der Waals surface area contributed by atoms with Crippen LogP contribution in [0.1, 0.15) is 21.5 Å². The van der Waals surface area contributed by atoms with Gasteiger partial charge < -0.3 is 15.5 Å². The Bertz CT molecular complexity index is 972. The lowest BCUT2D eigenvalue weighted by molar-refractivity contribution is -0.137. The van der Waals surface area contributed by atoms with E-state index in [1.165, 1.54) is 11.0 Å². The number of anilines is 1. The van der Waals surface area contributed by atoms with Crippen LogP contribution in [-0.2, 0) is 11.0 Å². The Balaban J connectivity index is 1.80. The summed E-state index contributed by atoms with van der Waals surface area (Å²) < 4.78 is 39.4. The zero-order valence-electron chi connectivity index (χ0n) is 15.1. The number of hydrogen-bond donors (Lipinski definition) is 2. The first-order valence-corrected chi connectivity index (χ1v) is 8.90. The van der Waals surface area contributed by atoms with Crippen LogP contribution < -0.4 is 10.6 Å². The highest BCUT2D eigenvalue weighted by Crippen LogP contribution is 2.35. The van der Waals surface area contributed by atoms with Gasteiger partial charge in [-0.05, 0) is 47.9 Å². The molecule has 2 aliphatic rings.